The maximum Gasteiger partial charge on any atom is 0.221 e. The smallest absolute Gasteiger partial charge is 0.221 e. The minimum Gasteiger partial charge on any atom is -0.494 e. The summed E-state index contributed by atoms with van der Waals surface area (Å²) in [5.74, 6) is 1.45. The third-order valence-corrected chi connectivity index (χ3v) is 5.19. The van der Waals surface area contributed by atoms with Crippen LogP contribution in [0.1, 0.15) is 17.5 Å². The van der Waals surface area contributed by atoms with E-state index < -0.39 is 0 Å². The van der Waals surface area contributed by atoms with Gasteiger partial charge in [0.2, 0.25) is 5.82 Å². The highest BCUT2D eigenvalue weighted by molar-refractivity contribution is 6.32. The molecule has 0 radical (unpaired) electrons. The van der Waals surface area contributed by atoms with Crippen LogP contribution in [-0.2, 0) is 6.54 Å². The van der Waals surface area contributed by atoms with E-state index in [4.69, 9.17) is 16.3 Å². The average molecular weight is 382 g/mol. The summed E-state index contributed by atoms with van der Waals surface area (Å²) in [6.45, 7) is 5.39. The van der Waals surface area contributed by atoms with Crippen LogP contribution >= 0.6 is 11.6 Å². The van der Waals surface area contributed by atoms with Crippen LogP contribution in [-0.4, -0.2) is 31.8 Å². The number of hydrogen-bond acceptors (Lipinski definition) is 4. The number of tetrazole rings is 1. The Hall–Kier alpha value is -2.86. The number of fused-ring (bicyclic) bond motifs is 1. The zero-order valence-corrected chi connectivity index (χ0v) is 16.0. The number of nitrogens with zero attached hydrogens (tertiary/aromatic N) is 4. The highest BCUT2D eigenvalue weighted by Crippen LogP contribution is 2.27. The molecule has 2 heterocycles. The van der Waals surface area contributed by atoms with Crippen molar-refractivity contribution in [1.82, 2.24) is 25.2 Å². The van der Waals surface area contributed by atoms with E-state index >= 15 is 0 Å². The number of benzene rings is 2. The lowest BCUT2D eigenvalue weighted by atomic mass is 10.1. The van der Waals surface area contributed by atoms with Crippen molar-refractivity contribution in [2.75, 3.05) is 6.61 Å². The van der Waals surface area contributed by atoms with Crippen LogP contribution in [0.4, 0.5) is 0 Å². The van der Waals surface area contributed by atoms with Gasteiger partial charge < -0.3 is 9.30 Å². The summed E-state index contributed by atoms with van der Waals surface area (Å²) in [5.41, 5.74) is 4.16. The standard InChI is InChI=1S/C20H20ClN5O/c1-13-10-16(11-14(2)19(13)21)27-9-5-8-26-17-7-4-3-6-15(17)12-18(26)20-22-24-25-23-20/h3-4,6-7,10-12H,5,8-9H2,1-2H3,(H,22,23,24,25). The number of para-hydroxylation sites is 1. The van der Waals surface area contributed by atoms with Gasteiger partial charge in [-0.05, 0) is 60.9 Å². The Morgan fingerprint density at radius 2 is 1.89 bits per heavy atom. The zero-order chi connectivity index (χ0) is 18.8. The number of halogens is 1. The summed E-state index contributed by atoms with van der Waals surface area (Å²) in [6, 6.07) is 14.3. The molecule has 0 fully saturated rings. The van der Waals surface area contributed by atoms with E-state index in [0.717, 1.165) is 51.5 Å². The van der Waals surface area contributed by atoms with Crippen molar-refractivity contribution in [2.45, 2.75) is 26.8 Å². The maximum absolute atomic E-state index is 6.22. The van der Waals surface area contributed by atoms with E-state index in [1.54, 1.807) is 0 Å². The second-order valence-electron chi connectivity index (χ2n) is 6.55. The minimum atomic E-state index is 0.594. The lowest BCUT2D eigenvalue weighted by Crippen LogP contribution is -2.06. The number of aromatic nitrogens is 5. The minimum absolute atomic E-state index is 0.594. The molecule has 2 aromatic heterocycles. The van der Waals surface area contributed by atoms with Gasteiger partial charge in [0.15, 0.2) is 0 Å². The van der Waals surface area contributed by atoms with E-state index in [-0.39, 0.29) is 0 Å². The average Bonchev–Trinajstić information content (AvgIpc) is 3.31. The molecule has 7 heteroatoms. The van der Waals surface area contributed by atoms with Crippen molar-refractivity contribution >= 4 is 22.5 Å². The maximum atomic E-state index is 6.22. The van der Waals surface area contributed by atoms with Crippen molar-refractivity contribution in [2.24, 2.45) is 0 Å². The van der Waals surface area contributed by atoms with Gasteiger partial charge in [0, 0.05) is 22.5 Å². The fourth-order valence-corrected chi connectivity index (χ4v) is 3.42. The van der Waals surface area contributed by atoms with Crippen molar-refractivity contribution < 1.29 is 4.74 Å². The Kier molecular flexibility index (Phi) is 4.81. The van der Waals surface area contributed by atoms with Crippen molar-refractivity contribution in [3.8, 4) is 17.3 Å². The van der Waals surface area contributed by atoms with Crippen molar-refractivity contribution in [3.63, 3.8) is 0 Å². The third-order valence-electron chi connectivity index (χ3n) is 4.59. The number of hydrogen-bond donors (Lipinski definition) is 1. The van der Waals surface area contributed by atoms with Crippen LogP contribution < -0.4 is 4.74 Å². The number of H-pyrrole nitrogens is 1. The Bertz CT molecular complexity index is 1050. The van der Waals surface area contributed by atoms with Crippen LogP contribution in [0.3, 0.4) is 0 Å². The summed E-state index contributed by atoms with van der Waals surface area (Å²) in [7, 11) is 0. The van der Waals surface area contributed by atoms with Crippen LogP contribution in [0, 0.1) is 13.8 Å². The van der Waals surface area contributed by atoms with E-state index in [1.165, 1.54) is 0 Å². The van der Waals surface area contributed by atoms with E-state index in [9.17, 15) is 0 Å². The first-order valence-electron chi connectivity index (χ1n) is 8.85. The molecule has 0 unspecified atom stereocenters. The first kappa shape index (κ1) is 17.5. The normalized spacial score (nSPS) is 11.2. The molecule has 0 amide bonds. The van der Waals surface area contributed by atoms with Gasteiger partial charge in [0.25, 0.3) is 0 Å². The molecule has 0 aliphatic carbocycles. The van der Waals surface area contributed by atoms with Gasteiger partial charge in [-0.1, -0.05) is 29.8 Å². The molecule has 0 aliphatic heterocycles. The molecule has 0 bridgehead atoms. The Labute approximate surface area is 162 Å². The molecule has 138 valence electrons. The number of nitrogens with one attached hydrogen (secondary N) is 1. The number of rotatable bonds is 6. The largest absolute Gasteiger partial charge is 0.494 e. The van der Waals surface area contributed by atoms with Crippen LogP contribution in [0.2, 0.25) is 5.02 Å². The van der Waals surface area contributed by atoms with Gasteiger partial charge in [0.05, 0.1) is 12.3 Å². The van der Waals surface area contributed by atoms with Gasteiger partial charge in [-0.2, -0.15) is 5.21 Å². The molecule has 4 aromatic rings. The number of ether oxygens (including phenoxy) is 1. The highest BCUT2D eigenvalue weighted by atomic mass is 35.5. The first-order valence-corrected chi connectivity index (χ1v) is 9.23. The fourth-order valence-electron chi connectivity index (χ4n) is 3.31. The lowest BCUT2D eigenvalue weighted by molar-refractivity contribution is 0.302. The molecule has 1 N–H and O–H groups in total. The molecule has 4 rings (SSSR count). The van der Waals surface area contributed by atoms with Crippen LogP contribution in [0.5, 0.6) is 5.75 Å². The third kappa shape index (κ3) is 3.53. The fraction of sp³-hybridized carbons (Fsp3) is 0.250. The van der Waals surface area contributed by atoms with Crippen LogP contribution in [0.15, 0.2) is 42.5 Å². The number of aromatic amines is 1. The quantitative estimate of drug-likeness (QED) is 0.497. The SMILES string of the molecule is Cc1cc(OCCCn2c(-c3nn[nH]n3)cc3ccccc32)cc(C)c1Cl. The summed E-state index contributed by atoms with van der Waals surface area (Å²) < 4.78 is 8.15. The molecule has 0 spiro atoms. The van der Waals surface area contributed by atoms with E-state index in [2.05, 4.69) is 43.4 Å². The summed E-state index contributed by atoms with van der Waals surface area (Å²) >= 11 is 6.22. The first-order chi connectivity index (χ1) is 13.1. The van der Waals surface area contributed by atoms with E-state index in [0.29, 0.717) is 12.4 Å². The number of aryl methyl sites for hydroxylation is 3. The Balaban J connectivity index is 1.50. The monoisotopic (exact) mass is 381 g/mol. The molecule has 0 saturated heterocycles. The molecule has 0 aliphatic rings. The van der Waals surface area contributed by atoms with Gasteiger partial charge in [0.1, 0.15) is 5.75 Å². The molecular formula is C20H20ClN5O. The van der Waals surface area contributed by atoms with Crippen molar-refractivity contribution in [1.29, 1.82) is 0 Å². The van der Waals surface area contributed by atoms with Gasteiger partial charge in [-0.3, -0.25) is 0 Å². The Morgan fingerprint density at radius 1 is 1.11 bits per heavy atom. The molecule has 27 heavy (non-hydrogen) atoms. The Morgan fingerprint density at radius 3 is 2.63 bits per heavy atom. The second-order valence-corrected chi connectivity index (χ2v) is 6.93. The summed E-state index contributed by atoms with van der Waals surface area (Å²) in [4.78, 5) is 0. The second kappa shape index (κ2) is 7.40. The topological polar surface area (TPSA) is 68.6 Å². The van der Waals surface area contributed by atoms with Crippen LogP contribution in [0.25, 0.3) is 22.4 Å². The summed E-state index contributed by atoms with van der Waals surface area (Å²) in [6.07, 6.45) is 0.851. The summed E-state index contributed by atoms with van der Waals surface area (Å²) in [5, 5.41) is 16.4. The van der Waals surface area contributed by atoms with Gasteiger partial charge >= 0.3 is 0 Å². The van der Waals surface area contributed by atoms with Crippen molar-refractivity contribution in [3.05, 3.63) is 58.6 Å². The molecule has 0 saturated carbocycles. The molecule has 6 nitrogen and oxygen atoms in total. The van der Waals surface area contributed by atoms with E-state index in [1.807, 2.05) is 38.1 Å². The lowest BCUT2D eigenvalue weighted by Gasteiger charge is -2.12. The predicted molar refractivity (Wildman–Crippen MR) is 106 cm³/mol. The molecule has 0 atom stereocenters. The zero-order valence-electron chi connectivity index (χ0n) is 15.2. The van der Waals surface area contributed by atoms with Gasteiger partial charge in [-0.15, -0.1) is 10.2 Å². The molecular weight excluding hydrogens is 362 g/mol. The van der Waals surface area contributed by atoms with Gasteiger partial charge in [-0.25, -0.2) is 0 Å². The highest BCUT2D eigenvalue weighted by Gasteiger charge is 2.13. The molecule has 2 aromatic carbocycles. The predicted octanol–water partition coefficient (Wildman–Crippen LogP) is 4.56.